The average molecular weight is 385 g/mol. The smallest absolute Gasteiger partial charge is 0.191 e. The van der Waals surface area contributed by atoms with Crippen molar-refractivity contribution in [1.82, 2.24) is 15.6 Å². The minimum absolute atomic E-state index is 0.119. The fraction of sp³-hybridized carbons (Fsp3) is 0.429. The highest BCUT2D eigenvalue weighted by molar-refractivity contribution is 5.80. The topological polar surface area (TPSA) is 61.8 Å². The van der Waals surface area contributed by atoms with E-state index in [2.05, 4.69) is 25.5 Å². The van der Waals surface area contributed by atoms with Crippen molar-refractivity contribution < 1.29 is 9.13 Å². The zero-order valence-electron chi connectivity index (χ0n) is 16.4. The van der Waals surface area contributed by atoms with Crippen LogP contribution in [0.4, 0.5) is 10.2 Å². The average Bonchev–Trinajstić information content (AvgIpc) is 2.72. The molecule has 1 fully saturated rings. The van der Waals surface area contributed by atoms with Crippen molar-refractivity contribution in [3.63, 3.8) is 0 Å². The van der Waals surface area contributed by atoms with Gasteiger partial charge in [-0.3, -0.25) is 4.99 Å². The molecule has 1 aliphatic rings. The Hall–Kier alpha value is -2.83. The van der Waals surface area contributed by atoms with Gasteiger partial charge in [0.05, 0.1) is 6.54 Å². The zero-order chi connectivity index (χ0) is 19.8. The predicted molar refractivity (Wildman–Crippen MR) is 110 cm³/mol. The number of anilines is 1. The van der Waals surface area contributed by atoms with Gasteiger partial charge in [-0.25, -0.2) is 9.37 Å². The summed E-state index contributed by atoms with van der Waals surface area (Å²) in [6.45, 7) is 4.44. The Morgan fingerprint density at radius 2 is 2.11 bits per heavy atom. The standard InChI is InChI=1S/C21H28FN5O/c1-16(28-19-7-5-6-17(22)14-19)15-25-21(23-2)26-18-9-12-27(13-10-18)20-8-3-4-11-24-20/h3-8,11,14,16,18H,9-10,12-13,15H2,1-2H3,(H2,23,25,26). The highest BCUT2D eigenvalue weighted by Crippen LogP contribution is 2.17. The van der Waals surface area contributed by atoms with E-state index in [9.17, 15) is 4.39 Å². The number of nitrogens with zero attached hydrogens (tertiary/aromatic N) is 3. The largest absolute Gasteiger partial charge is 0.489 e. The van der Waals surface area contributed by atoms with Crippen LogP contribution in [0.5, 0.6) is 5.75 Å². The summed E-state index contributed by atoms with van der Waals surface area (Å²) in [5.74, 6) is 2.02. The fourth-order valence-corrected chi connectivity index (χ4v) is 3.24. The fourth-order valence-electron chi connectivity index (χ4n) is 3.24. The molecule has 1 unspecified atom stereocenters. The summed E-state index contributed by atoms with van der Waals surface area (Å²) in [6.07, 6.45) is 3.75. The first-order chi connectivity index (χ1) is 13.6. The minimum atomic E-state index is -0.299. The third-order valence-electron chi connectivity index (χ3n) is 4.72. The van der Waals surface area contributed by atoms with Crippen LogP contribution in [0.2, 0.25) is 0 Å². The van der Waals surface area contributed by atoms with Crippen molar-refractivity contribution in [3.05, 3.63) is 54.5 Å². The third-order valence-corrected chi connectivity index (χ3v) is 4.72. The molecule has 1 aromatic carbocycles. The van der Waals surface area contributed by atoms with Gasteiger partial charge in [-0.1, -0.05) is 12.1 Å². The lowest BCUT2D eigenvalue weighted by molar-refractivity contribution is 0.222. The monoisotopic (exact) mass is 385 g/mol. The number of hydrogen-bond acceptors (Lipinski definition) is 4. The summed E-state index contributed by atoms with van der Waals surface area (Å²) in [6, 6.07) is 12.6. The highest BCUT2D eigenvalue weighted by atomic mass is 19.1. The minimum Gasteiger partial charge on any atom is -0.489 e. The van der Waals surface area contributed by atoms with Gasteiger partial charge in [0, 0.05) is 38.4 Å². The van der Waals surface area contributed by atoms with E-state index >= 15 is 0 Å². The molecule has 1 aliphatic heterocycles. The number of rotatable bonds is 6. The lowest BCUT2D eigenvalue weighted by atomic mass is 10.1. The number of nitrogens with one attached hydrogen (secondary N) is 2. The quantitative estimate of drug-likeness (QED) is 0.591. The van der Waals surface area contributed by atoms with E-state index in [-0.39, 0.29) is 11.9 Å². The molecular formula is C21H28FN5O. The van der Waals surface area contributed by atoms with Gasteiger partial charge in [0.25, 0.3) is 0 Å². The molecule has 2 aromatic rings. The number of aliphatic imine (C=N–C) groups is 1. The predicted octanol–water partition coefficient (Wildman–Crippen LogP) is 2.82. The van der Waals surface area contributed by atoms with Crippen molar-refractivity contribution in [2.24, 2.45) is 4.99 Å². The van der Waals surface area contributed by atoms with E-state index in [0.29, 0.717) is 18.3 Å². The van der Waals surface area contributed by atoms with Crippen molar-refractivity contribution in [3.8, 4) is 5.75 Å². The lowest BCUT2D eigenvalue weighted by Gasteiger charge is -2.33. The highest BCUT2D eigenvalue weighted by Gasteiger charge is 2.20. The molecule has 150 valence electrons. The van der Waals surface area contributed by atoms with Crippen molar-refractivity contribution in [2.75, 3.05) is 31.6 Å². The number of piperidine rings is 1. The molecule has 0 spiro atoms. The number of guanidine groups is 1. The van der Waals surface area contributed by atoms with E-state index in [1.807, 2.05) is 31.3 Å². The van der Waals surface area contributed by atoms with Crippen LogP contribution in [0.1, 0.15) is 19.8 Å². The second-order valence-electron chi connectivity index (χ2n) is 6.93. The van der Waals surface area contributed by atoms with E-state index in [1.165, 1.54) is 12.1 Å². The number of pyridine rings is 1. The molecule has 2 N–H and O–H groups in total. The summed E-state index contributed by atoms with van der Waals surface area (Å²) < 4.78 is 19.0. The third kappa shape index (κ3) is 5.84. The molecule has 7 heteroatoms. The molecular weight excluding hydrogens is 357 g/mol. The number of aromatic nitrogens is 1. The normalized spacial score (nSPS) is 16.5. The summed E-state index contributed by atoms with van der Waals surface area (Å²) in [7, 11) is 1.76. The Balaban J connectivity index is 1.41. The molecule has 0 bridgehead atoms. The van der Waals surface area contributed by atoms with Crippen LogP contribution in [-0.2, 0) is 0 Å². The Labute approximate surface area is 165 Å². The molecule has 3 rings (SSSR count). The molecule has 0 saturated carbocycles. The molecule has 0 aliphatic carbocycles. The van der Waals surface area contributed by atoms with Crippen LogP contribution in [0, 0.1) is 5.82 Å². The number of halogens is 1. The summed E-state index contributed by atoms with van der Waals surface area (Å²) in [4.78, 5) is 11.0. The first kappa shape index (κ1) is 19.9. The first-order valence-electron chi connectivity index (χ1n) is 9.69. The molecule has 0 amide bonds. The molecule has 6 nitrogen and oxygen atoms in total. The van der Waals surface area contributed by atoms with Crippen LogP contribution in [-0.4, -0.2) is 49.8 Å². The van der Waals surface area contributed by atoms with Gasteiger partial charge in [0.1, 0.15) is 23.5 Å². The van der Waals surface area contributed by atoms with E-state index in [0.717, 1.165) is 37.7 Å². The van der Waals surface area contributed by atoms with E-state index < -0.39 is 0 Å². The SMILES string of the molecule is CN=C(NCC(C)Oc1cccc(F)c1)NC1CCN(c2ccccn2)CC1. The van der Waals surface area contributed by atoms with E-state index in [4.69, 9.17) is 4.74 Å². The number of ether oxygens (including phenoxy) is 1. The van der Waals surface area contributed by atoms with Crippen molar-refractivity contribution in [2.45, 2.75) is 31.9 Å². The van der Waals surface area contributed by atoms with Gasteiger partial charge in [0.2, 0.25) is 0 Å². The van der Waals surface area contributed by atoms with Crippen LogP contribution < -0.4 is 20.3 Å². The summed E-state index contributed by atoms with van der Waals surface area (Å²) >= 11 is 0. The van der Waals surface area contributed by atoms with Gasteiger partial charge in [-0.2, -0.15) is 0 Å². The van der Waals surface area contributed by atoms with Crippen LogP contribution in [0.3, 0.4) is 0 Å². The maximum atomic E-state index is 13.3. The molecule has 0 radical (unpaired) electrons. The number of hydrogen-bond donors (Lipinski definition) is 2. The molecule has 1 saturated heterocycles. The maximum absolute atomic E-state index is 13.3. The number of benzene rings is 1. The molecule has 1 aromatic heterocycles. The Morgan fingerprint density at radius 3 is 2.79 bits per heavy atom. The summed E-state index contributed by atoms with van der Waals surface area (Å²) in [5, 5.41) is 6.77. The van der Waals surface area contributed by atoms with Crippen molar-refractivity contribution in [1.29, 1.82) is 0 Å². The van der Waals surface area contributed by atoms with Crippen LogP contribution in [0.25, 0.3) is 0 Å². The zero-order valence-corrected chi connectivity index (χ0v) is 16.4. The van der Waals surface area contributed by atoms with Gasteiger partial charge in [-0.15, -0.1) is 0 Å². The van der Waals surface area contributed by atoms with Gasteiger partial charge >= 0.3 is 0 Å². The first-order valence-corrected chi connectivity index (χ1v) is 9.69. The summed E-state index contributed by atoms with van der Waals surface area (Å²) in [5.41, 5.74) is 0. The molecule has 1 atom stereocenters. The van der Waals surface area contributed by atoms with Gasteiger partial charge in [-0.05, 0) is 44.0 Å². The van der Waals surface area contributed by atoms with Gasteiger partial charge < -0.3 is 20.3 Å². The second-order valence-corrected chi connectivity index (χ2v) is 6.93. The Kier molecular flexibility index (Phi) is 7.06. The van der Waals surface area contributed by atoms with Crippen LogP contribution in [0.15, 0.2) is 53.7 Å². The lowest BCUT2D eigenvalue weighted by Crippen LogP contribution is -2.50. The van der Waals surface area contributed by atoms with E-state index in [1.54, 1.807) is 19.2 Å². The Bertz CT molecular complexity index is 762. The van der Waals surface area contributed by atoms with Crippen LogP contribution >= 0.6 is 0 Å². The second kappa shape index (κ2) is 9.92. The van der Waals surface area contributed by atoms with Crippen molar-refractivity contribution >= 4 is 11.8 Å². The molecule has 28 heavy (non-hydrogen) atoms. The maximum Gasteiger partial charge on any atom is 0.191 e. The van der Waals surface area contributed by atoms with Gasteiger partial charge in [0.15, 0.2) is 5.96 Å². The Morgan fingerprint density at radius 1 is 1.29 bits per heavy atom. The molecule has 2 heterocycles.